The summed E-state index contributed by atoms with van der Waals surface area (Å²) in [7, 11) is 1.66. The molecule has 0 radical (unpaired) electrons. The SMILES string of the molecule is COc1cccc(CC(=S)N[C@@H](C)[C@H]2COc3ccccc3O2)c1. The molecule has 0 aliphatic carbocycles. The molecule has 2 aromatic carbocycles. The summed E-state index contributed by atoms with van der Waals surface area (Å²) < 4.78 is 17.0. The summed E-state index contributed by atoms with van der Waals surface area (Å²) in [5.74, 6) is 2.41. The number of nitrogens with one attached hydrogen (secondary N) is 1. The molecule has 2 aromatic rings. The molecule has 24 heavy (non-hydrogen) atoms. The van der Waals surface area contributed by atoms with Gasteiger partial charge in [0, 0.05) is 6.42 Å². The molecule has 1 aliphatic heterocycles. The lowest BCUT2D eigenvalue weighted by Crippen LogP contribution is -2.48. The normalized spacial score (nSPS) is 17.0. The van der Waals surface area contributed by atoms with Crippen molar-refractivity contribution >= 4 is 17.2 Å². The minimum atomic E-state index is -0.0804. The Morgan fingerprint density at radius 3 is 2.83 bits per heavy atom. The molecule has 0 aromatic heterocycles. The van der Waals surface area contributed by atoms with Gasteiger partial charge in [0.1, 0.15) is 12.4 Å². The number of thiocarbonyl (C=S) groups is 1. The van der Waals surface area contributed by atoms with E-state index in [1.807, 2.05) is 48.5 Å². The van der Waals surface area contributed by atoms with Crippen LogP contribution in [0.1, 0.15) is 12.5 Å². The van der Waals surface area contributed by atoms with Crippen molar-refractivity contribution in [2.45, 2.75) is 25.5 Å². The molecule has 4 nitrogen and oxygen atoms in total. The first kappa shape index (κ1) is 16.6. The van der Waals surface area contributed by atoms with Crippen LogP contribution in [0, 0.1) is 0 Å². The number of fused-ring (bicyclic) bond motifs is 1. The van der Waals surface area contributed by atoms with Gasteiger partial charge in [0.2, 0.25) is 0 Å². The zero-order valence-corrected chi connectivity index (χ0v) is 14.6. The van der Waals surface area contributed by atoms with E-state index in [4.69, 9.17) is 26.4 Å². The third-order valence-electron chi connectivity index (χ3n) is 3.98. The zero-order valence-electron chi connectivity index (χ0n) is 13.8. The number of rotatable bonds is 5. The van der Waals surface area contributed by atoms with E-state index < -0.39 is 0 Å². The van der Waals surface area contributed by atoms with E-state index >= 15 is 0 Å². The first-order valence-corrected chi connectivity index (χ1v) is 8.37. The number of methoxy groups -OCH3 is 1. The van der Waals surface area contributed by atoms with Gasteiger partial charge in [0.05, 0.1) is 18.1 Å². The standard InChI is InChI=1S/C19H21NO3S/c1-13(18-12-22-16-8-3-4-9-17(16)23-18)20-19(24)11-14-6-5-7-15(10-14)21-2/h3-10,13,18H,11-12H2,1-2H3,(H,20,24)/t13-,18+/m0/s1. The summed E-state index contributed by atoms with van der Waals surface area (Å²) in [6, 6.07) is 15.7. The molecule has 0 fully saturated rings. The molecule has 1 N–H and O–H groups in total. The van der Waals surface area contributed by atoms with Gasteiger partial charge in [-0.1, -0.05) is 36.5 Å². The highest BCUT2D eigenvalue weighted by atomic mass is 32.1. The number of hydrogen-bond donors (Lipinski definition) is 1. The molecule has 5 heteroatoms. The number of ether oxygens (including phenoxy) is 3. The Labute approximate surface area is 147 Å². The second kappa shape index (κ2) is 7.53. The van der Waals surface area contributed by atoms with Gasteiger partial charge in [-0.3, -0.25) is 0 Å². The molecule has 0 bridgehead atoms. The summed E-state index contributed by atoms with van der Waals surface area (Å²) in [4.78, 5) is 0.776. The van der Waals surface area contributed by atoms with E-state index in [1.54, 1.807) is 7.11 Å². The molecule has 1 heterocycles. The summed E-state index contributed by atoms with van der Waals surface area (Å²) in [6.45, 7) is 2.56. The largest absolute Gasteiger partial charge is 0.497 e. The van der Waals surface area contributed by atoms with Crippen LogP contribution in [0.3, 0.4) is 0 Å². The average Bonchev–Trinajstić information content (AvgIpc) is 2.61. The zero-order chi connectivity index (χ0) is 16.9. The maximum absolute atomic E-state index is 6.01. The van der Waals surface area contributed by atoms with Crippen molar-refractivity contribution in [3.63, 3.8) is 0 Å². The van der Waals surface area contributed by atoms with E-state index in [0.29, 0.717) is 13.0 Å². The Morgan fingerprint density at radius 1 is 1.25 bits per heavy atom. The molecule has 126 valence electrons. The Morgan fingerprint density at radius 2 is 2.04 bits per heavy atom. The van der Waals surface area contributed by atoms with E-state index in [-0.39, 0.29) is 12.1 Å². The summed E-state index contributed by atoms with van der Waals surface area (Å²) >= 11 is 5.49. The lowest BCUT2D eigenvalue weighted by Gasteiger charge is -2.31. The van der Waals surface area contributed by atoms with Gasteiger partial charge < -0.3 is 19.5 Å². The summed E-state index contributed by atoms with van der Waals surface area (Å²) in [5, 5.41) is 3.35. The van der Waals surface area contributed by atoms with Gasteiger partial charge in [-0.15, -0.1) is 0 Å². The van der Waals surface area contributed by atoms with Crippen LogP contribution in [0.5, 0.6) is 17.2 Å². The van der Waals surface area contributed by atoms with Gasteiger partial charge in [0.25, 0.3) is 0 Å². The minimum absolute atomic E-state index is 0.0523. The molecule has 2 atom stereocenters. The van der Waals surface area contributed by atoms with Crippen LogP contribution in [0.25, 0.3) is 0 Å². The predicted octanol–water partition coefficient (Wildman–Crippen LogP) is 3.38. The van der Waals surface area contributed by atoms with Crippen LogP contribution in [0.2, 0.25) is 0 Å². The lowest BCUT2D eigenvalue weighted by molar-refractivity contribution is 0.0717. The minimum Gasteiger partial charge on any atom is -0.497 e. The lowest BCUT2D eigenvalue weighted by atomic mass is 10.1. The molecular formula is C19H21NO3S. The fourth-order valence-corrected chi connectivity index (χ4v) is 3.00. The van der Waals surface area contributed by atoms with Gasteiger partial charge in [0.15, 0.2) is 17.6 Å². The quantitative estimate of drug-likeness (QED) is 0.843. The molecule has 0 saturated heterocycles. The first-order chi connectivity index (χ1) is 11.7. The molecule has 0 unspecified atom stereocenters. The molecule has 3 rings (SSSR count). The second-order valence-corrected chi connectivity index (χ2v) is 6.29. The fourth-order valence-electron chi connectivity index (χ4n) is 2.65. The van der Waals surface area contributed by atoms with Crippen LogP contribution >= 0.6 is 12.2 Å². The molecule has 1 aliphatic rings. The Kier molecular flexibility index (Phi) is 5.20. The third kappa shape index (κ3) is 3.97. The first-order valence-electron chi connectivity index (χ1n) is 7.96. The van der Waals surface area contributed by atoms with E-state index in [2.05, 4.69) is 12.2 Å². The maximum atomic E-state index is 6.01. The van der Waals surface area contributed by atoms with Crippen molar-refractivity contribution in [1.29, 1.82) is 0 Å². The van der Waals surface area contributed by atoms with Crippen LogP contribution in [-0.2, 0) is 6.42 Å². The van der Waals surface area contributed by atoms with Crippen LogP contribution < -0.4 is 19.5 Å². The Bertz CT molecular complexity index is 719. The monoisotopic (exact) mass is 343 g/mol. The van der Waals surface area contributed by atoms with E-state index in [1.165, 1.54) is 0 Å². The predicted molar refractivity (Wildman–Crippen MR) is 98.2 cm³/mol. The maximum Gasteiger partial charge on any atom is 0.161 e. The summed E-state index contributed by atoms with van der Waals surface area (Å²) in [6.07, 6.45) is 0.587. The number of para-hydroxylation sites is 2. The third-order valence-corrected chi connectivity index (χ3v) is 4.24. The highest BCUT2D eigenvalue weighted by molar-refractivity contribution is 7.80. The van der Waals surface area contributed by atoms with Gasteiger partial charge >= 0.3 is 0 Å². The second-order valence-electron chi connectivity index (χ2n) is 5.80. The van der Waals surface area contributed by atoms with Crippen molar-refractivity contribution in [2.24, 2.45) is 0 Å². The summed E-state index contributed by atoms with van der Waals surface area (Å²) in [5.41, 5.74) is 1.12. The van der Waals surface area contributed by atoms with E-state index in [0.717, 1.165) is 27.8 Å². The molecular weight excluding hydrogens is 322 g/mol. The van der Waals surface area contributed by atoms with Gasteiger partial charge in [-0.2, -0.15) is 0 Å². The molecule has 0 amide bonds. The smallest absolute Gasteiger partial charge is 0.161 e. The number of benzene rings is 2. The van der Waals surface area contributed by atoms with E-state index in [9.17, 15) is 0 Å². The van der Waals surface area contributed by atoms with Crippen molar-refractivity contribution in [2.75, 3.05) is 13.7 Å². The highest BCUT2D eigenvalue weighted by Crippen LogP contribution is 2.31. The molecule has 0 saturated carbocycles. The van der Waals surface area contributed by atoms with Crippen molar-refractivity contribution in [3.8, 4) is 17.2 Å². The Balaban J connectivity index is 1.56. The average molecular weight is 343 g/mol. The fraction of sp³-hybridized carbons (Fsp3) is 0.316. The topological polar surface area (TPSA) is 39.7 Å². The highest BCUT2D eigenvalue weighted by Gasteiger charge is 2.26. The van der Waals surface area contributed by atoms with Gasteiger partial charge in [-0.05, 0) is 36.8 Å². The van der Waals surface area contributed by atoms with Crippen LogP contribution in [0.4, 0.5) is 0 Å². The van der Waals surface area contributed by atoms with Crippen LogP contribution in [-0.4, -0.2) is 30.9 Å². The Hall–Kier alpha value is -2.27. The van der Waals surface area contributed by atoms with Crippen molar-refractivity contribution in [1.82, 2.24) is 5.32 Å². The number of hydrogen-bond acceptors (Lipinski definition) is 4. The molecule has 0 spiro atoms. The van der Waals surface area contributed by atoms with Crippen LogP contribution in [0.15, 0.2) is 48.5 Å². The van der Waals surface area contributed by atoms with Crippen molar-refractivity contribution in [3.05, 3.63) is 54.1 Å². The van der Waals surface area contributed by atoms with Crippen molar-refractivity contribution < 1.29 is 14.2 Å². The van der Waals surface area contributed by atoms with Gasteiger partial charge in [-0.25, -0.2) is 0 Å².